The molecule has 0 atom stereocenters. The number of nitrogens with zero attached hydrogens (tertiary/aromatic N) is 1. The van der Waals surface area contributed by atoms with Crippen LogP contribution >= 0.6 is 54.8 Å². The minimum Gasteiger partial charge on any atom is -0.319 e. The lowest BCUT2D eigenvalue weighted by molar-refractivity contribution is 0.102. The summed E-state index contributed by atoms with van der Waals surface area (Å²) in [6, 6.07) is 3.37. The Morgan fingerprint density at radius 2 is 2.24 bits per heavy atom. The van der Waals surface area contributed by atoms with Gasteiger partial charge in [0.2, 0.25) is 0 Å². The van der Waals surface area contributed by atoms with Crippen molar-refractivity contribution < 1.29 is 4.79 Å². The Morgan fingerprint density at radius 3 is 2.82 bits per heavy atom. The number of thiophene rings is 1. The molecule has 2 rings (SSSR count). The number of pyridine rings is 1. The molecule has 7 heteroatoms. The zero-order chi connectivity index (χ0) is 12.4. The van der Waals surface area contributed by atoms with Crippen LogP contribution in [0.25, 0.3) is 0 Å². The van der Waals surface area contributed by atoms with Gasteiger partial charge in [-0.05, 0) is 44.0 Å². The van der Waals surface area contributed by atoms with E-state index in [-0.39, 0.29) is 5.91 Å². The summed E-state index contributed by atoms with van der Waals surface area (Å²) >= 11 is 14.0. The number of anilines is 1. The fourth-order valence-corrected chi connectivity index (χ4v) is 4.10. The summed E-state index contributed by atoms with van der Waals surface area (Å²) in [5.74, 6) is -0.228. The molecular weight excluding hydrogens is 391 g/mol. The van der Waals surface area contributed by atoms with Crippen molar-refractivity contribution >= 4 is 66.4 Å². The maximum Gasteiger partial charge on any atom is 0.257 e. The van der Waals surface area contributed by atoms with Crippen molar-refractivity contribution in [2.75, 3.05) is 5.32 Å². The van der Waals surface area contributed by atoms with Gasteiger partial charge >= 0.3 is 0 Å². The molecule has 2 aromatic rings. The average Bonchev–Trinajstić information content (AvgIpc) is 2.61. The van der Waals surface area contributed by atoms with Crippen molar-refractivity contribution in [3.63, 3.8) is 0 Å². The minimum atomic E-state index is -0.228. The van der Waals surface area contributed by atoms with Gasteiger partial charge in [0.15, 0.2) is 0 Å². The molecule has 0 bridgehead atoms. The van der Waals surface area contributed by atoms with Crippen LogP contribution in [0.15, 0.2) is 32.1 Å². The Kier molecular flexibility index (Phi) is 4.19. The van der Waals surface area contributed by atoms with Gasteiger partial charge in [-0.3, -0.25) is 9.78 Å². The molecule has 88 valence electrons. The lowest BCUT2D eigenvalue weighted by Gasteiger charge is -2.05. The van der Waals surface area contributed by atoms with Crippen molar-refractivity contribution in [2.24, 2.45) is 0 Å². The third kappa shape index (κ3) is 3.07. The summed E-state index contributed by atoms with van der Waals surface area (Å²) < 4.78 is 1.65. The molecule has 1 N–H and O–H groups in total. The Hall–Kier alpha value is -0.430. The molecule has 0 unspecified atom stereocenters. The molecular formula is C10H5Br2ClN2OS. The number of halogens is 3. The Morgan fingerprint density at radius 1 is 1.47 bits per heavy atom. The lowest BCUT2D eigenvalue weighted by Crippen LogP contribution is -2.11. The van der Waals surface area contributed by atoms with Crippen LogP contribution in [-0.4, -0.2) is 10.9 Å². The summed E-state index contributed by atoms with van der Waals surface area (Å²) in [7, 11) is 0. The standard InChI is InChI=1S/C10H5Br2ClN2OS/c11-8-3-5(9(12)17-8)10(16)15-7-4-14-2-1-6(7)13/h1-4H,(H,15,16). The van der Waals surface area contributed by atoms with Crippen LogP contribution in [0.5, 0.6) is 0 Å². The number of carbonyl (C=O) groups excluding carboxylic acids is 1. The summed E-state index contributed by atoms with van der Waals surface area (Å²) in [5.41, 5.74) is 1.05. The van der Waals surface area contributed by atoms with Crippen LogP contribution in [0.4, 0.5) is 5.69 Å². The van der Waals surface area contributed by atoms with Gasteiger partial charge < -0.3 is 5.32 Å². The number of carbonyl (C=O) groups is 1. The number of rotatable bonds is 2. The quantitative estimate of drug-likeness (QED) is 0.808. The van der Waals surface area contributed by atoms with E-state index in [0.29, 0.717) is 16.3 Å². The summed E-state index contributed by atoms with van der Waals surface area (Å²) in [5, 5.41) is 3.16. The second kappa shape index (κ2) is 5.48. The zero-order valence-corrected chi connectivity index (χ0v) is 13.0. The molecule has 0 aliphatic carbocycles. The van der Waals surface area contributed by atoms with Crippen molar-refractivity contribution in [1.82, 2.24) is 4.98 Å². The fraction of sp³-hybridized carbons (Fsp3) is 0. The average molecular weight is 396 g/mol. The molecule has 0 aromatic carbocycles. The van der Waals surface area contributed by atoms with Crippen LogP contribution in [-0.2, 0) is 0 Å². The van der Waals surface area contributed by atoms with Crippen molar-refractivity contribution in [3.8, 4) is 0 Å². The van der Waals surface area contributed by atoms with Gasteiger partial charge in [-0.1, -0.05) is 11.6 Å². The summed E-state index contributed by atoms with van der Waals surface area (Å²) in [6.45, 7) is 0. The van der Waals surface area contributed by atoms with Gasteiger partial charge in [0, 0.05) is 6.20 Å². The first-order valence-electron chi connectivity index (χ1n) is 4.43. The first-order valence-corrected chi connectivity index (χ1v) is 7.21. The van der Waals surface area contributed by atoms with E-state index in [1.54, 1.807) is 18.3 Å². The molecule has 17 heavy (non-hydrogen) atoms. The van der Waals surface area contributed by atoms with Crippen molar-refractivity contribution in [1.29, 1.82) is 0 Å². The number of hydrogen-bond donors (Lipinski definition) is 1. The molecule has 0 radical (unpaired) electrons. The highest BCUT2D eigenvalue weighted by Gasteiger charge is 2.14. The van der Waals surface area contributed by atoms with E-state index < -0.39 is 0 Å². The molecule has 2 aromatic heterocycles. The third-order valence-corrected chi connectivity index (χ3v) is 4.59. The van der Waals surface area contributed by atoms with Gasteiger partial charge in [-0.15, -0.1) is 11.3 Å². The van der Waals surface area contributed by atoms with Gasteiger partial charge in [0.25, 0.3) is 5.91 Å². The minimum absolute atomic E-state index is 0.228. The second-order valence-electron chi connectivity index (χ2n) is 3.05. The normalized spacial score (nSPS) is 10.3. The zero-order valence-electron chi connectivity index (χ0n) is 8.21. The smallest absolute Gasteiger partial charge is 0.257 e. The van der Waals surface area contributed by atoms with E-state index in [4.69, 9.17) is 11.6 Å². The fourth-order valence-electron chi connectivity index (χ4n) is 1.15. The SMILES string of the molecule is O=C(Nc1cnccc1Cl)c1cc(Br)sc1Br. The van der Waals surface area contributed by atoms with E-state index >= 15 is 0 Å². The van der Waals surface area contributed by atoms with Crippen LogP contribution in [0.1, 0.15) is 10.4 Å². The first kappa shape index (κ1) is 13.0. The van der Waals surface area contributed by atoms with Crippen molar-refractivity contribution in [2.45, 2.75) is 0 Å². The number of aromatic nitrogens is 1. The highest BCUT2D eigenvalue weighted by atomic mass is 79.9. The van der Waals surface area contributed by atoms with Crippen LogP contribution in [0.3, 0.4) is 0 Å². The largest absolute Gasteiger partial charge is 0.319 e. The van der Waals surface area contributed by atoms with Gasteiger partial charge in [-0.25, -0.2) is 0 Å². The Balaban J connectivity index is 2.23. The highest BCUT2D eigenvalue weighted by Crippen LogP contribution is 2.32. The van der Waals surface area contributed by atoms with E-state index in [9.17, 15) is 4.79 Å². The third-order valence-electron chi connectivity index (χ3n) is 1.92. The lowest BCUT2D eigenvalue weighted by atomic mass is 10.3. The summed E-state index contributed by atoms with van der Waals surface area (Å²) in [6.07, 6.45) is 3.07. The molecule has 0 spiro atoms. The molecule has 0 saturated heterocycles. The predicted molar refractivity (Wildman–Crippen MR) is 76.9 cm³/mol. The van der Waals surface area contributed by atoms with Crippen LogP contribution in [0, 0.1) is 0 Å². The molecule has 0 aliphatic heterocycles. The number of nitrogens with one attached hydrogen (secondary N) is 1. The predicted octanol–water partition coefficient (Wildman–Crippen LogP) is 4.57. The Bertz CT molecular complexity index is 573. The highest BCUT2D eigenvalue weighted by molar-refractivity contribution is 9.12. The molecule has 2 heterocycles. The monoisotopic (exact) mass is 394 g/mol. The molecule has 0 fully saturated rings. The Labute approximate surface area is 123 Å². The van der Waals surface area contributed by atoms with Gasteiger partial charge in [0.05, 0.1) is 30.0 Å². The van der Waals surface area contributed by atoms with E-state index in [1.807, 2.05) is 0 Å². The van der Waals surface area contributed by atoms with Gasteiger partial charge in [-0.2, -0.15) is 0 Å². The van der Waals surface area contributed by atoms with E-state index in [1.165, 1.54) is 17.5 Å². The molecule has 1 amide bonds. The molecule has 3 nitrogen and oxygen atoms in total. The second-order valence-corrected chi connectivity index (χ2v) is 7.20. The van der Waals surface area contributed by atoms with E-state index in [0.717, 1.165) is 7.57 Å². The topological polar surface area (TPSA) is 42.0 Å². The van der Waals surface area contributed by atoms with Gasteiger partial charge in [0.1, 0.15) is 0 Å². The van der Waals surface area contributed by atoms with Crippen LogP contribution < -0.4 is 5.32 Å². The number of amides is 1. The first-order chi connectivity index (χ1) is 8.08. The maximum atomic E-state index is 12.0. The van der Waals surface area contributed by atoms with E-state index in [2.05, 4.69) is 42.2 Å². The molecule has 0 aliphatic rings. The number of hydrogen-bond acceptors (Lipinski definition) is 3. The molecule has 0 saturated carbocycles. The van der Waals surface area contributed by atoms with Crippen LogP contribution in [0.2, 0.25) is 5.02 Å². The summed E-state index contributed by atoms with van der Waals surface area (Å²) in [4.78, 5) is 15.9. The maximum absolute atomic E-state index is 12.0. The van der Waals surface area contributed by atoms with Crippen molar-refractivity contribution in [3.05, 3.63) is 42.7 Å².